The fourth-order valence-corrected chi connectivity index (χ4v) is 2.68. The first kappa shape index (κ1) is 18.2. The Hall–Kier alpha value is -3.61. The number of aromatic amines is 1. The van der Waals surface area contributed by atoms with Crippen LogP contribution in [0.2, 0.25) is 5.02 Å². The lowest BCUT2D eigenvalue weighted by molar-refractivity contribution is 0.481. The zero-order valence-electron chi connectivity index (χ0n) is 14.3. The van der Waals surface area contributed by atoms with Gasteiger partial charge in [-0.25, -0.2) is 9.94 Å². The van der Waals surface area contributed by atoms with Gasteiger partial charge in [0.05, 0.1) is 23.4 Å². The van der Waals surface area contributed by atoms with E-state index in [4.69, 9.17) is 22.9 Å². The van der Waals surface area contributed by atoms with Crippen molar-refractivity contribution in [3.8, 4) is 17.6 Å². The van der Waals surface area contributed by atoms with E-state index in [1.807, 2.05) is 12.1 Å². The van der Waals surface area contributed by atoms with Gasteiger partial charge in [0.15, 0.2) is 0 Å². The van der Waals surface area contributed by atoms with E-state index in [0.717, 1.165) is 5.56 Å². The normalized spacial score (nSPS) is 10.1. The van der Waals surface area contributed by atoms with Crippen molar-refractivity contribution in [3.63, 3.8) is 0 Å². The van der Waals surface area contributed by atoms with E-state index in [0.29, 0.717) is 28.5 Å². The van der Waals surface area contributed by atoms with Gasteiger partial charge in [-0.2, -0.15) is 10.4 Å². The zero-order chi connectivity index (χ0) is 19.4. The van der Waals surface area contributed by atoms with Crippen molar-refractivity contribution in [2.75, 3.05) is 0 Å². The average molecular weight is 377 g/mol. The Morgan fingerprint density at radius 3 is 2.81 bits per heavy atom. The van der Waals surface area contributed by atoms with E-state index in [1.165, 1.54) is 0 Å². The van der Waals surface area contributed by atoms with Crippen LogP contribution in [0.3, 0.4) is 0 Å². The summed E-state index contributed by atoms with van der Waals surface area (Å²) < 4.78 is 5.82. The van der Waals surface area contributed by atoms with E-state index in [1.54, 1.807) is 43.3 Å². The average Bonchev–Trinajstić information content (AvgIpc) is 2.67. The molecule has 3 rings (SSSR count). The largest absolute Gasteiger partial charge is 0.456 e. The number of nitrogens with zero attached hydrogens (tertiary/aromatic N) is 3. The third-order valence-electron chi connectivity index (χ3n) is 3.88. The predicted molar refractivity (Wildman–Crippen MR) is 101 cm³/mol. The Labute approximate surface area is 160 Å². The molecule has 2 aromatic carbocycles. The van der Waals surface area contributed by atoms with Crippen molar-refractivity contribution >= 4 is 17.3 Å². The fourth-order valence-electron chi connectivity index (χ4n) is 2.52. The van der Waals surface area contributed by atoms with Gasteiger partial charge in [-0.3, -0.25) is 4.79 Å². The van der Waals surface area contributed by atoms with Crippen LogP contribution in [0, 0.1) is 24.8 Å². The van der Waals surface area contributed by atoms with Crippen molar-refractivity contribution in [1.82, 2.24) is 10.2 Å². The number of nitrogens with one attached hydrogen (secondary N) is 1. The standard InChI is InChI=1S/C20H13ClN4O2/c1-12-8-14(24-25-20(12)26)9-13-6-7-16(21)19(10-13)27-18-5-3-4-17(23-2)15(18)11-22/h3-8,10H,9H2,1H3,(H,25,26). The lowest BCUT2D eigenvalue weighted by Crippen LogP contribution is -2.12. The summed E-state index contributed by atoms with van der Waals surface area (Å²) in [6.07, 6.45) is 0.471. The number of aryl methyl sites for hydroxylation is 1. The SMILES string of the molecule is [C-]#[N+]c1cccc(Oc2cc(Cc3cc(C)c(=O)[nH]n3)ccc2Cl)c1C#N. The highest BCUT2D eigenvalue weighted by Gasteiger charge is 2.12. The number of hydrogen-bond acceptors (Lipinski definition) is 4. The molecule has 0 aliphatic rings. The molecular weight excluding hydrogens is 364 g/mol. The molecule has 0 spiro atoms. The molecule has 27 heavy (non-hydrogen) atoms. The van der Waals surface area contributed by atoms with Gasteiger partial charge in [0.2, 0.25) is 5.69 Å². The summed E-state index contributed by atoms with van der Waals surface area (Å²) in [4.78, 5) is 14.8. The Bertz CT molecular complexity index is 1160. The van der Waals surface area contributed by atoms with Gasteiger partial charge >= 0.3 is 0 Å². The summed E-state index contributed by atoms with van der Waals surface area (Å²) >= 11 is 6.23. The minimum Gasteiger partial charge on any atom is -0.456 e. The lowest BCUT2D eigenvalue weighted by atomic mass is 10.1. The van der Waals surface area contributed by atoms with Crippen molar-refractivity contribution in [1.29, 1.82) is 5.26 Å². The molecule has 6 nitrogen and oxygen atoms in total. The van der Waals surface area contributed by atoms with Crippen LogP contribution in [0.15, 0.2) is 47.3 Å². The maximum Gasteiger partial charge on any atom is 0.267 e. The van der Waals surface area contributed by atoms with Crippen molar-refractivity contribution in [2.24, 2.45) is 0 Å². The Balaban J connectivity index is 1.93. The second-order valence-corrected chi connectivity index (χ2v) is 6.20. The van der Waals surface area contributed by atoms with Crippen LogP contribution in [0.5, 0.6) is 11.5 Å². The quantitative estimate of drug-likeness (QED) is 0.678. The number of rotatable bonds is 4. The van der Waals surface area contributed by atoms with Gasteiger partial charge in [-0.05, 0) is 36.8 Å². The van der Waals surface area contributed by atoms with Crippen LogP contribution in [0.1, 0.15) is 22.4 Å². The van der Waals surface area contributed by atoms with Crippen LogP contribution in [0.4, 0.5) is 5.69 Å². The van der Waals surface area contributed by atoms with Crippen LogP contribution in [-0.4, -0.2) is 10.2 Å². The summed E-state index contributed by atoms with van der Waals surface area (Å²) in [5.41, 5.74) is 2.31. The molecule has 0 aliphatic carbocycles. The number of halogens is 1. The first-order chi connectivity index (χ1) is 13.0. The topological polar surface area (TPSA) is 83.1 Å². The molecule has 0 radical (unpaired) electrons. The molecule has 3 aromatic rings. The van der Waals surface area contributed by atoms with Crippen molar-refractivity contribution in [2.45, 2.75) is 13.3 Å². The number of nitriles is 1. The molecule has 1 N–H and O–H groups in total. The van der Waals surface area contributed by atoms with E-state index >= 15 is 0 Å². The smallest absolute Gasteiger partial charge is 0.267 e. The third kappa shape index (κ3) is 3.98. The van der Waals surface area contributed by atoms with Crippen LogP contribution >= 0.6 is 11.6 Å². The molecule has 0 bridgehead atoms. The van der Waals surface area contributed by atoms with E-state index in [2.05, 4.69) is 15.0 Å². The molecule has 0 atom stereocenters. The molecule has 1 heterocycles. The van der Waals surface area contributed by atoms with E-state index < -0.39 is 0 Å². The van der Waals surface area contributed by atoms with Crippen LogP contribution < -0.4 is 10.3 Å². The highest BCUT2D eigenvalue weighted by molar-refractivity contribution is 6.32. The molecule has 132 valence electrons. The van der Waals surface area contributed by atoms with Gasteiger partial charge in [0, 0.05) is 12.0 Å². The number of aromatic nitrogens is 2. The first-order valence-corrected chi connectivity index (χ1v) is 8.31. The molecule has 0 amide bonds. The Morgan fingerprint density at radius 2 is 2.11 bits per heavy atom. The summed E-state index contributed by atoms with van der Waals surface area (Å²) in [6.45, 7) is 8.87. The summed E-state index contributed by atoms with van der Waals surface area (Å²) in [5.74, 6) is 0.636. The van der Waals surface area contributed by atoms with Gasteiger partial charge in [0.25, 0.3) is 5.56 Å². The highest BCUT2D eigenvalue weighted by atomic mass is 35.5. The van der Waals surface area contributed by atoms with Gasteiger partial charge < -0.3 is 4.74 Å². The number of ether oxygens (including phenoxy) is 1. The molecule has 0 saturated carbocycles. The fraction of sp³-hybridized carbons (Fsp3) is 0.100. The minimum atomic E-state index is -0.220. The number of benzene rings is 2. The summed E-state index contributed by atoms with van der Waals surface area (Å²) in [7, 11) is 0. The Kier molecular flexibility index (Phi) is 5.21. The van der Waals surface area contributed by atoms with Gasteiger partial charge in [-0.15, -0.1) is 0 Å². The van der Waals surface area contributed by atoms with Crippen molar-refractivity contribution in [3.05, 3.63) is 91.6 Å². The Morgan fingerprint density at radius 1 is 1.30 bits per heavy atom. The van der Waals surface area contributed by atoms with Gasteiger partial charge in [0.1, 0.15) is 17.1 Å². The summed E-state index contributed by atoms with van der Waals surface area (Å²) in [5, 5.41) is 16.2. The third-order valence-corrected chi connectivity index (χ3v) is 4.19. The maximum atomic E-state index is 11.4. The predicted octanol–water partition coefficient (Wildman–Crippen LogP) is 4.54. The molecule has 0 saturated heterocycles. The van der Waals surface area contributed by atoms with E-state index in [9.17, 15) is 10.1 Å². The molecule has 7 heteroatoms. The number of hydrogen-bond donors (Lipinski definition) is 1. The second kappa shape index (κ2) is 7.74. The second-order valence-electron chi connectivity index (χ2n) is 5.79. The monoisotopic (exact) mass is 376 g/mol. The van der Waals surface area contributed by atoms with Gasteiger partial charge in [-0.1, -0.05) is 29.8 Å². The van der Waals surface area contributed by atoms with Crippen molar-refractivity contribution < 1.29 is 4.74 Å². The van der Waals surface area contributed by atoms with E-state index in [-0.39, 0.29) is 22.6 Å². The van der Waals surface area contributed by atoms with Crippen LogP contribution in [-0.2, 0) is 6.42 Å². The number of H-pyrrole nitrogens is 1. The molecular formula is C20H13ClN4O2. The molecule has 1 aromatic heterocycles. The minimum absolute atomic E-state index is 0.159. The molecule has 0 fully saturated rings. The summed E-state index contributed by atoms with van der Waals surface area (Å²) in [6, 6.07) is 13.8. The van der Waals surface area contributed by atoms with Crippen LogP contribution in [0.25, 0.3) is 4.85 Å². The first-order valence-electron chi connectivity index (χ1n) is 7.94. The molecule has 0 unspecified atom stereocenters. The zero-order valence-corrected chi connectivity index (χ0v) is 15.0. The maximum absolute atomic E-state index is 11.4. The molecule has 0 aliphatic heterocycles. The lowest BCUT2D eigenvalue weighted by Gasteiger charge is -2.11. The highest BCUT2D eigenvalue weighted by Crippen LogP contribution is 2.35.